The zero-order valence-electron chi connectivity index (χ0n) is 21.1. The Balaban J connectivity index is 0.000000463. The Morgan fingerprint density at radius 2 is 1.80 bits per heavy atom. The average Bonchev–Trinajstić information content (AvgIpc) is 3.35. The van der Waals surface area contributed by atoms with Crippen LogP contribution >= 0.6 is 11.6 Å². The van der Waals surface area contributed by atoms with Gasteiger partial charge in [-0.2, -0.15) is 0 Å². The fourth-order valence-electron chi connectivity index (χ4n) is 4.18. The van der Waals surface area contributed by atoms with Gasteiger partial charge in [0.2, 0.25) is 5.95 Å². The number of halogens is 1. The molecular weight excluding hydrogens is 468 g/mol. The number of benzene rings is 1. The van der Waals surface area contributed by atoms with Crippen molar-refractivity contribution in [1.29, 1.82) is 0 Å². The van der Waals surface area contributed by atoms with Gasteiger partial charge < -0.3 is 25.2 Å². The molecule has 1 aromatic carbocycles. The fourth-order valence-corrected chi connectivity index (χ4v) is 4.28. The number of rotatable bonds is 7. The van der Waals surface area contributed by atoms with Crippen LogP contribution in [-0.4, -0.2) is 67.4 Å². The number of aromatic nitrogens is 2. The maximum atomic E-state index is 11.1. The van der Waals surface area contributed by atoms with E-state index in [0.717, 1.165) is 86.0 Å². The summed E-state index contributed by atoms with van der Waals surface area (Å²) in [7, 11) is 1.50. The van der Waals surface area contributed by atoms with E-state index in [0.29, 0.717) is 18.2 Å². The van der Waals surface area contributed by atoms with Crippen molar-refractivity contribution in [2.24, 2.45) is 11.7 Å². The third-order valence-electron chi connectivity index (χ3n) is 6.12. The van der Waals surface area contributed by atoms with Crippen LogP contribution < -0.4 is 15.4 Å². The van der Waals surface area contributed by atoms with Crippen LogP contribution in [0.25, 0.3) is 0 Å². The molecule has 3 heterocycles. The quantitative estimate of drug-likeness (QED) is 0.428. The SMILES string of the molecule is CN.Cc1cc(OCCCC2CCN(c3ncc(Cl)cn3)CC2)cc(C)c1C=O.OC1CCOC1. The van der Waals surface area contributed by atoms with Crippen LogP contribution in [0.4, 0.5) is 5.95 Å². The second-order valence-electron chi connectivity index (χ2n) is 8.73. The monoisotopic (exact) mass is 506 g/mol. The molecular formula is C26H39ClN4O4. The summed E-state index contributed by atoms with van der Waals surface area (Å²) in [6.45, 7) is 7.85. The van der Waals surface area contributed by atoms with E-state index in [2.05, 4.69) is 20.6 Å². The summed E-state index contributed by atoms with van der Waals surface area (Å²) in [5, 5.41) is 9.17. The zero-order chi connectivity index (χ0) is 25.6. The molecule has 1 unspecified atom stereocenters. The maximum absolute atomic E-state index is 11.1. The number of carbonyl (C=O) groups excluding carboxylic acids is 1. The first-order chi connectivity index (χ1) is 17.0. The number of ether oxygens (including phenoxy) is 2. The molecule has 1 atom stereocenters. The van der Waals surface area contributed by atoms with Gasteiger partial charge in [0.1, 0.15) is 5.75 Å². The lowest BCUT2D eigenvalue weighted by atomic mass is 9.92. The predicted molar refractivity (Wildman–Crippen MR) is 140 cm³/mol. The van der Waals surface area contributed by atoms with Crippen LogP contribution in [0.15, 0.2) is 24.5 Å². The van der Waals surface area contributed by atoms with E-state index in [1.54, 1.807) is 12.4 Å². The molecule has 0 saturated carbocycles. The maximum Gasteiger partial charge on any atom is 0.225 e. The minimum absolute atomic E-state index is 0.176. The largest absolute Gasteiger partial charge is 0.494 e. The molecule has 0 bridgehead atoms. The Hall–Kier alpha value is -2.26. The van der Waals surface area contributed by atoms with E-state index in [4.69, 9.17) is 26.2 Å². The molecule has 0 amide bonds. The van der Waals surface area contributed by atoms with Crippen LogP contribution in [0.2, 0.25) is 5.02 Å². The van der Waals surface area contributed by atoms with Crippen molar-refractivity contribution >= 4 is 23.8 Å². The van der Waals surface area contributed by atoms with Gasteiger partial charge in [0, 0.05) is 25.3 Å². The van der Waals surface area contributed by atoms with E-state index in [1.807, 2.05) is 26.0 Å². The lowest BCUT2D eigenvalue weighted by Gasteiger charge is -2.32. The normalized spacial score (nSPS) is 17.7. The van der Waals surface area contributed by atoms with Gasteiger partial charge in [0.05, 0.1) is 36.7 Å². The smallest absolute Gasteiger partial charge is 0.225 e. The van der Waals surface area contributed by atoms with E-state index in [9.17, 15) is 4.79 Å². The number of aliphatic hydroxyl groups excluding tert-OH is 1. The number of hydrogen-bond donors (Lipinski definition) is 2. The van der Waals surface area contributed by atoms with Crippen LogP contribution in [0.1, 0.15) is 53.6 Å². The van der Waals surface area contributed by atoms with Crippen molar-refractivity contribution in [1.82, 2.24) is 9.97 Å². The van der Waals surface area contributed by atoms with E-state index >= 15 is 0 Å². The Morgan fingerprint density at radius 1 is 1.17 bits per heavy atom. The molecule has 0 aliphatic carbocycles. The number of hydrogen-bond acceptors (Lipinski definition) is 8. The Kier molecular flexibility index (Phi) is 13.0. The molecule has 2 aliphatic rings. The highest BCUT2D eigenvalue weighted by molar-refractivity contribution is 6.30. The molecule has 2 fully saturated rings. The first kappa shape index (κ1) is 29.0. The second-order valence-corrected chi connectivity index (χ2v) is 9.16. The molecule has 2 aliphatic heterocycles. The van der Waals surface area contributed by atoms with Crippen molar-refractivity contribution < 1.29 is 19.4 Å². The standard InChI is InChI=1S/C21H26ClN3O2.C4H8O2.CH5N/c1-15-10-19(11-16(2)20(15)14-26)27-9-3-4-17-5-7-25(8-6-17)21-23-12-18(22)13-24-21;5-4-1-2-6-3-4;1-2/h10-14,17H,3-9H2,1-2H3;4-5H,1-3H2;2H2,1H3. The number of nitrogens with zero attached hydrogens (tertiary/aromatic N) is 3. The van der Waals surface area contributed by atoms with Crippen LogP contribution in [0.5, 0.6) is 5.75 Å². The predicted octanol–water partition coefficient (Wildman–Crippen LogP) is 3.98. The van der Waals surface area contributed by atoms with Gasteiger partial charge in [-0.25, -0.2) is 9.97 Å². The summed E-state index contributed by atoms with van der Waals surface area (Å²) in [5.41, 5.74) is 7.20. The molecule has 0 spiro atoms. The molecule has 194 valence electrons. The number of aryl methyl sites for hydroxylation is 2. The molecule has 2 aromatic rings. The van der Waals surface area contributed by atoms with Crippen molar-refractivity contribution in [2.45, 2.75) is 52.1 Å². The number of piperidine rings is 1. The van der Waals surface area contributed by atoms with Gasteiger partial charge in [0.25, 0.3) is 0 Å². The highest BCUT2D eigenvalue weighted by Gasteiger charge is 2.20. The van der Waals surface area contributed by atoms with Crippen molar-refractivity contribution in [3.05, 3.63) is 46.2 Å². The topological polar surface area (TPSA) is 111 Å². The Labute approximate surface area is 213 Å². The summed E-state index contributed by atoms with van der Waals surface area (Å²) < 4.78 is 10.7. The van der Waals surface area contributed by atoms with Gasteiger partial charge in [0.15, 0.2) is 6.29 Å². The number of anilines is 1. The molecule has 9 heteroatoms. The van der Waals surface area contributed by atoms with Crippen LogP contribution in [0.3, 0.4) is 0 Å². The summed E-state index contributed by atoms with van der Waals surface area (Å²) in [6.07, 6.45) is 9.36. The molecule has 35 heavy (non-hydrogen) atoms. The number of nitrogens with two attached hydrogens (primary N) is 1. The minimum Gasteiger partial charge on any atom is -0.494 e. The number of aliphatic hydroxyl groups is 1. The number of aldehydes is 1. The minimum atomic E-state index is -0.176. The molecule has 8 nitrogen and oxygen atoms in total. The molecule has 2 saturated heterocycles. The Bertz CT molecular complexity index is 860. The third kappa shape index (κ3) is 9.72. The van der Waals surface area contributed by atoms with Gasteiger partial charge >= 0.3 is 0 Å². The zero-order valence-corrected chi connectivity index (χ0v) is 21.8. The third-order valence-corrected chi connectivity index (χ3v) is 6.32. The van der Waals surface area contributed by atoms with Crippen molar-refractivity contribution in [3.8, 4) is 5.75 Å². The van der Waals surface area contributed by atoms with Gasteiger partial charge in [-0.05, 0) is 82.2 Å². The summed E-state index contributed by atoms with van der Waals surface area (Å²) >= 11 is 5.85. The fraction of sp³-hybridized carbons (Fsp3) is 0.577. The average molecular weight is 507 g/mol. The van der Waals surface area contributed by atoms with E-state index in [1.165, 1.54) is 13.5 Å². The molecule has 4 rings (SSSR count). The highest BCUT2D eigenvalue weighted by atomic mass is 35.5. The second kappa shape index (κ2) is 15.7. The van der Waals surface area contributed by atoms with Gasteiger partial charge in [-0.15, -0.1) is 0 Å². The first-order valence-corrected chi connectivity index (χ1v) is 12.6. The highest BCUT2D eigenvalue weighted by Crippen LogP contribution is 2.25. The van der Waals surface area contributed by atoms with E-state index < -0.39 is 0 Å². The lowest BCUT2D eigenvalue weighted by molar-refractivity contribution is 0.112. The summed E-state index contributed by atoms with van der Waals surface area (Å²) in [6, 6.07) is 3.89. The molecule has 1 aromatic heterocycles. The first-order valence-electron chi connectivity index (χ1n) is 12.2. The van der Waals surface area contributed by atoms with E-state index in [-0.39, 0.29) is 6.10 Å². The number of carbonyl (C=O) groups is 1. The summed E-state index contributed by atoms with van der Waals surface area (Å²) in [4.78, 5) is 21.9. The van der Waals surface area contributed by atoms with Gasteiger partial charge in [-0.3, -0.25) is 4.79 Å². The van der Waals surface area contributed by atoms with Crippen molar-refractivity contribution in [2.75, 3.05) is 44.9 Å². The van der Waals surface area contributed by atoms with Crippen LogP contribution in [0, 0.1) is 19.8 Å². The van der Waals surface area contributed by atoms with Crippen LogP contribution in [-0.2, 0) is 4.74 Å². The summed E-state index contributed by atoms with van der Waals surface area (Å²) in [5.74, 6) is 2.34. The lowest BCUT2D eigenvalue weighted by Crippen LogP contribution is -2.34. The molecule has 3 N–H and O–H groups in total. The van der Waals surface area contributed by atoms with Gasteiger partial charge in [-0.1, -0.05) is 11.6 Å². The Morgan fingerprint density at radius 3 is 2.29 bits per heavy atom. The molecule has 0 radical (unpaired) electrons. The van der Waals surface area contributed by atoms with Crippen molar-refractivity contribution in [3.63, 3.8) is 0 Å².